The molecule has 19 heteroatoms. The number of hydrogen-bond acceptors (Lipinski definition) is 18. The third-order valence-corrected chi connectivity index (χ3v) is 12.2. The van der Waals surface area contributed by atoms with Crippen LogP contribution < -0.4 is 37.9 Å². The minimum absolute atomic E-state index is 0.00952. The van der Waals surface area contributed by atoms with Crippen LogP contribution in [0.3, 0.4) is 0 Å². The maximum atomic E-state index is 15.5. The van der Waals surface area contributed by atoms with E-state index >= 15 is 4.39 Å². The average molecular weight is 1220 g/mol. The van der Waals surface area contributed by atoms with Crippen molar-refractivity contribution in [2.75, 3.05) is 67.1 Å². The number of carbonyl (C=O) groups excluding carboxylic acids is 6. The Hall–Kier alpha value is -10.7. The number of methoxy groups -OCH3 is 2. The smallest absolute Gasteiger partial charge is 0.338 e. The van der Waals surface area contributed by atoms with Gasteiger partial charge in [-0.2, -0.15) is 0 Å². The minimum atomic E-state index is -0.588. The molecule has 0 N–H and O–H groups in total. The lowest BCUT2D eigenvalue weighted by atomic mass is 9.99. The molecule has 0 fully saturated rings. The van der Waals surface area contributed by atoms with Gasteiger partial charge in [0.2, 0.25) is 0 Å². The standard InChI is InChI=1S/C35H35FO9.C35H36O9/c1-21(2)33(37)43-16-14-41-29-12-10-26(20-32(29)42-15-17-44-34(38)22(3)4)27-11-8-24(18-28(27)36)25-9-13-30(31(19-25)40-7)45-35(39)23(5)6;1-22(2)33(36)42-18-16-40-30-15-12-27(20-32(30)41-17-19-43-34(37)23(3)4)25-8-10-26(11-9-25)29-14-13-28(21-31(29)39-7)44-35(38)24(5)6/h8-13,18-20H,1,3,5,14-17H2,2,4,6-7H3;8-15,20-21H,1,3,5,16-19H2,2,4,6-7H3. The van der Waals surface area contributed by atoms with Crippen LogP contribution in [-0.2, 0) is 47.7 Å². The van der Waals surface area contributed by atoms with E-state index in [1.54, 1.807) is 94.6 Å². The molecule has 0 radical (unpaired) electrons. The van der Waals surface area contributed by atoms with Gasteiger partial charge in [-0.15, -0.1) is 0 Å². The zero-order valence-electron chi connectivity index (χ0n) is 51.1. The number of rotatable bonds is 30. The predicted molar refractivity (Wildman–Crippen MR) is 334 cm³/mol. The molecule has 89 heavy (non-hydrogen) atoms. The molecule has 0 bridgehead atoms. The third-order valence-electron chi connectivity index (χ3n) is 12.2. The molecule has 0 heterocycles. The van der Waals surface area contributed by atoms with Gasteiger partial charge in [0, 0.05) is 50.6 Å². The van der Waals surface area contributed by atoms with Crippen molar-refractivity contribution in [1.82, 2.24) is 0 Å². The second kappa shape index (κ2) is 33.9. The van der Waals surface area contributed by atoms with Gasteiger partial charge in [-0.05, 0) is 130 Å². The molecule has 0 saturated carbocycles. The number of halogens is 1. The van der Waals surface area contributed by atoms with Crippen molar-refractivity contribution in [3.8, 4) is 90.5 Å². The second-order valence-corrected chi connectivity index (χ2v) is 19.7. The highest BCUT2D eigenvalue weighted by Gasteiger charge is 2.18. The van der Waals surface area contributed by atoms with Gasteiger partial charge in [0.05, 0.1) is 14.2 Å². The Morgan fingerprint density at radius 3 is 1.09 bits per heavy atom. The molecule has 0 atom stereocenters. The normalized spacial score (nSPS) is 10.3. The first-order valence-electron chi connectivity index (χ1n) is 27.5. The molecule has 0 unspecified atom stereocenters. The van der Waals surface area contributed by atoms with E-state index in [1.807, 2.05) is 42.5 Å². The molecule has 6 aromatic carbocycles. The largest absolute Gasteiger partial charge is 0.496 e. The van der Waals surface area contributed by atoms with Gasteiger partial charge in [0.25, 0.3) is 0 Å². The van der Waals surface area contributed by atoms with E-state index in [4.69, 9.17) is 56.8 Å². The van der Waals surface area contributed by atoms with Crippen LogP contribution >= 0.6 is 0 Å². The lowest BCUT2D eigenvalue weighted by Gasteiger charge is -2.15. The fourth-order valence-corrected chi connectivity index (χ4v) is 7.52. The monoisotopic (exact) mass is 1220 g/mol. The molecule has 466 valence electrons. The molecule has 0 aliphatic rings. The van der Waals surface area contributed by atoms with Crippen molar-refractivity contribution in [3.05, 3.63) is 194 Å². The summed E-state index contributed by atoms with van der Waals surface area (Å²) in [4.78, 5) is 70.5. The number of benzene rings is 6. The Morgan fingerprint density at radius 1 is 0.315 bits per heavy atom. The fourth-order valence-electron chi connectivity index (χ4n) is 7.52. The van der Waals surface area contributed by atoms with Gasteiger partial charge in [-0.25, -0.2) is 33.2 Å². The molecule has 18 nitrogen and oxygen atoms in total. The number of ether oxygens (including phenoxy) is 12. The molecule has 0 aliphatic heterocycles. The summed E-state index contributed by atoms with van der Waals surface area (Å²) in [6.45, 7) is 30.9. The summed E-state index contributed by atoms with van der Waals surface area (Å²) in [5.74, 6) is -0.857. The summed E-state index contributed by atoms with van der Waals surface area (Å²) in [7, 11) is 2.99. The highest BCUT2D eigenvalue weighted by Crippen LogP contribution is 2.39. The van der Waals surface area contributed by atoms with E-state index in [1.165, 1.54) is 33.9 Å². The Labute approximate surface area is 516 Å². The van der Waals surface area contributed by atoms with Crippen LogP contribution in [0, 0.1) is 5.82 Å². The topological polar surface area (TPSA) is 213 Å². The van der Waals surface area contributed by atoms with Gasteiger partial charge < -0.3 is 56.8 Å². The highest BCUT2D eigenvalue weighted by molar-refractivity contribution is 5.91. The zero-order valence-corrected chi connectivity index (χ0v) is 51.1. The van der Waals surface area contributed by atoms with Crippen molar-refractivity contribution in [1.29, 1.82) is 0 Å². The molecule has 6 aromatic rings. The first-order chi connectivity index (χ1) is 42.4. The molecule has 0 spiro atoms. The van der Waals surface area contributed by atoms with Crippen LogP contribution in [-0.4, -0.2) is 103 Å². The van der Waals surface area contributed by atoms with E-state index in [0.29, 0.717) is 73.5 Å². The van der Waals surface area contributed by atoms with Crippen LogP contribution in [0.25, 0.3) is 44.5 Å². The zero-order chi connectivity index (χ0) is 65.3. The van der Waals surface area contributed by atoms with Gasteiger partial charge in [-0.1, -0.05) is 94.1 Å². The Balaban J connectivity index is 0.000000324. The summed E-state index contributed by atoms with van der Waals surface area (Å²) in [6, 6.07) is 32.9. The molecule has 6 rings (SSSR count). The van der Waals surface area contributed by atoms with Crippen molar-refractivity contribution < 1.29 is 90.0 Å². The van der Waals surface area contributed by atoms with Crippen LogP contribution in [0.15, 0.2) is 188 Å². The highest BCUT2D eigenvalue weighted by atomic mass is 19.1. The minimum Gasteiger partial charge on any atom is -0.496 e. The average Bonchev–Trinajstić information content (AvgIpc) is 1.78. The first kappa shape index (κ1) is 69.1. The van der Waals surface area contributed by atoms with Crippen molar-refractivity contribution in [2.24, 2.45) is 0 Å². The quantitative estimate of drug-likeness (QED) is 0.0135. The summed E-state index contributed by atoms with van der Waals surface area (Å²) in [6.07, 6.45) is 0. The Bertz CT molecular complexity index is 3650. The summed E-state index contributed by atoms with van der Waals surface area (Å²) in [5, 5.41) is 0. The summed E-state index contributed by atoms with van der Waals surface area (Å²) < 4.78 is 80.8. The summed E-state index contributed by atoms with van der Waals surface area (Å²) in [5.41, 5.74) is 7.09. The number of carbonyl (C=O) groups is 6. The lowest BCUT2D eigenvalue weighted by Crippen LogP contribution is -2.14. The second-order valence-electron chi connectivity index (χ2n) is 19.7. The Kier molecular flexibility index (Phi) is 26.3. The van der Waals surface area contributed by atoms with E-state index < -0.39 is 41.6 Å². The SMILES string of the molecule is C=C(C)C(=O)OCCOc1ccc(-c2ccc(-c3ccc(OC(=O)C(=C)C)c(OC)c3)cc2F)cc1OCCOC(=O)C(=C)C.C=C(C)C(=O)OCCOc1ccc(-c2ccc(-c3ccc(OC(=O)C(=C)C)cc3OC)cc2)cc1OCCOC(=O)C(=C)C. The molecular formula is C70H71FO18. The maximum absolute atomic E-state index is 15.5. The molecule has 0 aliphatic carbocycles. The van der Waals surface area contributed by atoms with E-state index in [0.717, 1.165) is 22.3 Å². The Morgan fingerprint density at radius 2 is 0.652 bits per heavy atom. The van der Waals surface area contributed by atoms with Gasteiger partial charge in [0.15, 0.2) is 34.5 Å². The van der Waals surface area contributed by atoms with Gasteiger partial charge in [0.1, 0.15) is 70.2 Å². The number of hydrogen-bond donors (Lipinski definition) is 0. The van der Waals surface area contributed by atoms with Crippen molar-refractivity contribution in [2.45, 2.75) is 41.5 Å². The van der Waals surface area contributed by atoms with Crippen LogP contribution in [0.1, 0.15) is 41.5 Å². The lowest BCUT2D eigenvalue weighted by molar-refractivity contribution is -0.140. The van der Waals surface area contributed by atoms with E-state index in [9.17, 15) is 28.8 Å². The fraction of sp³-hybridized carbons (Fsp3) is 0.229. The third kappa shape index (κ3) is 21.1. The van der Waals surface area contributed by atoms with E-state index in [2.05, 4.69) is 39.5 Å². The van der Waals surface area contributed by atoms with E-state index in [-0.39, 0.29) is 81.1 Å². The molecule has 0 aromatic heterocycles. The van der Waals surface area contributed by atoms with Crippen LogP contribution in [0.5, 0.6) is 46.0 Å². The molecule has 0 amide bonds. The molecular weight excluding hydrogens is 1150 g/mol. The van der Waals surface area contributed by atoms with Gasteiger partial charge >= 0.3 is 35.8 Å². The van der Waals surface area contributed by atoms with Gasteiger partial charge in [-0.3, -0.25) is 0 Å². The van der Waals surface area contributed by atoms with Crippen molar-refractivity contribution in [3.63, 3.8) is 0 Å². The van der Waals surface area contributed by atoms with Crippen LogP contribution in [0.4, 0.5) is 4.39 Å². The van der Waals surface area contributed by atoms with Crippen LogP contribution in [0.2, 0.25) is 0 Å². The maximum Gasteiger partial charge on any atom is 0.338 e. The predicted octanol–water partition coefficient (Wildman–Crippen LogP) is 13.2. The molecule has 0 saturated heterocycles. The first-order valence-corrected chi connectivity index (χ1v) is 27.5. The summed E-state index contributed by atoms with van der Waals surface area (Å²) >= 11 is 0. The van der Waals surface area contributed by atoms with Crippen molar-refractivity contribution >= 4 is 35.8 Å². The number of esters is 6.